The van der Waals surface area contributed by atoms with Crippen molar-refractivity contribution in [2.75, 3.05) is 6.61 Å². The Morgan fingerprint density at radius 2 is 1.89 bits per heavy atom. The van der Waals surface area contributed by atoms with Crippen molar-refractivity contribution < 1.29 is 23.9 Å². The van der Waals surface area contributed by atoms with E-state index >= 15 is 0 Å². The molecule has 0 N–H and O–H groups in total. The number of carbonyl (C=O) groups excluding carboxylic acids is 1. The van der Waals surface area contributed by atoms with Crippen LogP contribution in [0.4, 0.5) is 5.69 Å². The lowest BCUT2D eigenvalue weighted by Crippen LogP contribution is -2.08. The fourth-order valence-corrected chi connectivity index (χ4v) is 4.08. The molecule has 1 aliphatic rings. The van der Waals surface area contributed by atoms with E-state index in [4.69, 9.17) is 37.4 Å². The van der Waals surface area contributed by atoms with Crippen molar-refractivity contribution in [2.24, 2.45) is 4.99 Å². The first-order chi connectivity index (χ1) is 17.3. The summed E-state index contributed by atoms with van der Waals surface area (Å²) in [6.45, 7) is 3.98. The molecule has 10 heteroatoms. The van der Waals surface area contributed by atoms with E-state index in [0.29, 0.717) is 39.8 Å². The van der Waals surface area contributed by atoms with E-state index in [2.05, 4.69) is 4.99 Å². The van der Waals surface area contributed by atoms with Crippen LogP contribution in [0, 0.1) is 17.0 Å². The van der Waals surface area contributed by atoms with Crippen molar-refractivity contribution in [2.45, 2.75) is 20.5 Å². The van der Waals surface area contributed by atoms with Crippen molar-refractivity contribution in [3.05, 3.63) is 103 Å². The Kier molecular flexibility index (Phi) is 7.57. The van der Waals surface area contributed by atoms with Crippen LogP contribution >= 0.6 is 23.2 Å². The van der Waals surface area contributed by atoms with Gasteiger partial charge in [0, 0.05) is 22.2 Å². The number of esters is 1. The van der Waals surface area contributed by atoms with Crippen LogP contribution in [0.5, 0.6) is 11.5 Å². The molecule has 0 bridgehead atoms. The third-order valence-electron chi connectivity index (χ3n) is 5.26. The number of cyclic esters (lactones) is 1. The third-order valence-corrected chi connectivity index (χ3v) is 5.78. The van der Waals surface area contributed by atoms with Crippen LogP contribution < -0.4 is 9.47 Å². The molecule has 0 radical (unpaired) electrons. The Morgan fingerprint density at radius 1 is 1.11 bits per heavy atom. The summed E-state index contributed by atoms with van der Waals surface area (Å²) in [7, 11) is 0. The fraction of sp³-hybridized carbons (Fsp3) is 0.154. The van der Waals surface area contributed by atoms with Crippen LogP contribution in [0.1, 0.15) is 29.2 Å². The Labute approximate surface area is 216 Å². The molecule has 184 valence electrons. The Balaban J connectivity index is 1.64. The van der Waals surface area contributed by atoms with E-state index in [0.717, 1.165) is 5.56 Å². The summed E-state index contributed by atoms with van der Waals surface area (Å²) in [6, 6.07) is 15.0. The topological polar surface area (TPSA) is 100 Å². The number of nitro groups is 1. The highest BCUT2D eigenvalue weighted by atomic mass is 35.5. The minimum Gasteiger partial charge on any atom is -0.490 e. The highest BCUT2D eigenvalue weighted by Gasteiger charge is 2.27. The van der Waals surface area contributed by atoms with Gasteiger partial charge in [0.1, 0.15) is 6.61 Å². The monoisotopic (exact) mass is 526 g/mol. The molecule has 1 aliphatic heterocycles. The van der Waals surface area contributed by atoms with Crippen LogP contribution in [0.25, 0.3) is 6.08 Å². The standard InChI is InChI=1S/C26H20Cl2N2O6/c1-3-34-23-13-17(11-20(28)24(23)35-14-16-6-4-7-18(27)10-16)12-21-26(31)36-25(29-21)19-8-5-9-22(15(19)2)30(32)33/h4-13H,3,14H2,1-2H3/b21-12-. The number of aliphatic imine (C=N–C) groups is 1. The maximum absolute atomic E-state index is 12.5. The summed E-state index contributed by atoms with van der Waals surface area (Å²) < 4.78 is 16.9. The minimum absolute atomic E-state index is 0.00921. The van der Waals surface area contributed by atoms with Crippen molar-refractivity contribution >= 4 is 46.8 Å². The molecule has 1 heterocycles. The number of carbonyl (C=O) groups is 1. The number of nitrogens with zero attached hydrogens (tertiary/aromatic N) is 2. The first-order valence-corrected chi connectivity index (χ1v) is 11.6. The van der Waals surface area contributed by atoms with Gasteiger partial charge in [-0.1, -0.05) is 41.4 Å². The first kappa shape index (κ1) is 25.2. The zero-order valence-corrected chi connectivity index (χ0v) is 20.8. The molecule has 0 atom stereocenters. The summed E-state index contributed by atoms with van der Waals surface area (Å²) in [4.78, 5) is 27.5. The molecule has 0 fully saturated rings. The smallest absolute Gasteiger partial charge is 0.363 e. The number of rotatable bonds is 8. The van der Waals surface area contributed by atoms with Gasteiger partial charge < -0.3 is 14.2 Å². The van der Waals surface area contributed by atoms with Crippen LogP contribution in [0.2, 0.25) is 10.0 Å². The molecular formula is C26H20Cl2N2O6. The van der Waals surface area contributed by atoms with Gasteiger partial charge >= 0.3 is 5.97 Å². The maximum atomic E-state index is 12.5. The van der Waals surface area contributed by atoms with Crippen molar-refractivity contribution in [3.8, 4) is 11.5 Å². The van der Waals surface area contributed by atoms with Gasteiger partial charge in [0.2, 0.25) is 5.90 Å². The van der Waals surface area contributed by atoms with Gasteiger partial charge in [-0.05, 0) is 61.4 Å². The Bertz CT molecular complexity index is 1420. The molecule has 0 saturated heterocycles. The zero-order valence-electron chi connectivity index (χ0n) is 19.3. The van der Waals surface area contributed by atoms with Crippen molar-refractivity contribution in [1.29, 1.82) is 0 Å². The summed E-state index contributed by atoms with van der Waals surface area (Å²) in [5, 5.41) is 12.1. The van der Waals surface area contributed by atoms with Crippen LogP contribution in [0.3, 0.4) is 0 Å². The molecule has 36 heavy (non-hydrogen) atoms. The number of hydrogen-bond acceptors (Lipinski definition) is 7. The lowest BCUT2D eigenvalue weighted by Gasteiger charge is -2.14. The molecule has 0 saturated carbocycles. The van der Waals surface area contributed by atoms with Crippen LogP contribution in [0.15, 0.2) is 65.3 Å². The van der Waals surface area contributed by atoms with E-state index in [1.807, 2.05) is 19.1 Å². The van der Waals surface area contributed by atoms with Crippen LogP contribution in [-0.2, 0) is 16.1 Å². The number of ether oxygens (including phenoxy) is 3. The molecule has 8 nitrogen and oxygen atoms in total. The molecule has 3 aromatic rings. The molecule has 0 aromatic heterocycles. The predicted octanol–water partition coefficient (Wildman–Crippen LogP) is 6.53. The Hall–Kier alpha value is -3.88. The molecule has 0 unspecified atom stereocenters. The van der Waals surface area contributed by atoms with Gasteiger partial charge in [-0.2, -0.15) is 0 Å². The molecular weight excluding hydrogens is 507 g/mol. The summed E-state index contributed by atoms with van der Waals surface area (Å²) in [5.41, 5.74) is 2.02. The molecule has 4 rings (SSSR count). The predicted molar refractivity (Wildman–Crippen MR) is 137 cm³/mol. The van der Waals surface area contributed by atoms with E-state index in [1.165, 1.54) is 18.2 Å². The quantitative estimate of drug-likeness (QED) is 0.143. The highest BCUT2D eigenvalue weighted by Crippen LogP contribution is 2.38. The second kappa shape index (κ2) is 10.8. The van der Waals surface area contributed by atoms with Gasteiger partial charge in [0.15, 0.2) is 17.2 Å². The Morgan fingerprint density at radius 3 is 2.61 bits per heavy atom. The van der Waals surface area contributed by atoms with E-state index < -0.39 is 10.9 Å². The molecule has 0 amide bonds. The maximum Gasteiger partial charge on any atom is 0.363 e. The largest absolute Gasteiger partial charge is 0.490 e. The van der Waals surface area contributed by atoms with Gasteiger partial charge in [-0.15, -0.1) is 0 Å². The van der Waals surface area contributed by atoms with Crippen molar-refractivity contribution in [1.82, 2.24) is 0 Å². The van der Waals surface area contributed by atoms with Crippen LogP contribution in [-0.4, -0.2) is 23.4 Å². The number of nitro benzene ring substituents is 1. The second-order valence-corrected chi connectivity index (χ2v) is 8.57. The lowest BCUT2D eigenvalue weighted by molar-refractivity contribution is -0.385. The average molecular weight is 527 g/mol. The molecule has 0 aliphatic carbocycles. The van der Waals surface area contributed by atoms with Gasteiger partial charge in [0.05, 0.1) is 16.6 Å². The van der Waals surface area contributed by atoms with E-state index in [9.17, 15) is 14.9 Å². The second-order valence-electron chi connectivity index (χ2n) is 7.72. The normalized spacial score (nSPS) is 13.9. The average Bonchev–Trinajstić information content (AvgIpc) is 3.18. The molecule has 0 spiro atoms. The number of halogens is 2. The first-order valence-electron chi connectivity index (χ1n) is 10.9. The van der Waals surface area contributed by atoms with Gasteiger partial charge in [0.25, 0.3) is 5.69 Å². The molecule has 3 aromatic carbocycles. The third kappa shape index (κ3) is 5.50. The number of hydrogen-bond donors (Lipinski definition) is 0. The van der Waals surface area contributed by atoms with Crippen molar-refractivity contribution in [3.63, 3.8) is 0 Å². The summed E-state index contributed by atoms with van der Waals surface area (Å²) in [6.07, 6.45) is 1.50. The lowest BCUT2D eigenvalue weighted by atomic mass is 10.1. The number of benzene rings is 3. The SMILES string of the molecule is CCOc1cc(/C=C2\N=C(c3cccc([N+](=O)[O-])c3C)OC2=O)cc(Cl)c1OCc1cccc(Cl)c1. The zero-order chi connectivity index (χ0) is 25.8. The van der Waals surface area contributed by atoms with E-state index in [-0.39, 0.29) is 28.9 Å². The van der Waals surface area contributed by atoms with E-state index in [1.54, 1.807) is 37.3 Å². The minimum atomic E-state index is -0.689. The van der Waals surface area contributed by atoms with Gasteiger partial charge in [-0.3, -0.25) is 10.1 Å². The summed E-state index contributed by atoms with van der Waals surface area (Å²) >= 11 is 12.5. The van der Waals surface area contributed by atoms with Gasteiger partial charge in [-0.25, -0.2) is 9.79 Å². The fourth-order valence-electron chi connectivity index (χ4n) is 3.59. The summed E-state index contributed by atoms with van der Waals surface area (Å²) in [5.74, 6) is 0.0475. The highest BCUT2D eigenvalue weighted by molar-refractivity contribution is 6.32.